The SMILES string of the molecule is CC(C(=O)O[C@@H](c1ccccc1)C(O)(c1ccccc1)c1ccccc1)C(O)[C@@H]1CCCN1C(=O)OC(C)(C)C. The fourth-order valence-corrected chi connectivity index (χ4v) is 5.27. The van der Waals surface area contributed by atoms with Gasteiger partial charge in [-0.3, -0.25) is 4.79 Å². The van der Waals surface area contributed by atoms with Gasteiger partial charge in [0, 0.05) is 6.54 Å². The summed E-state index contributed by atoms with van der Waals surface area (Å²) < 4.78 is 11.7. The van der Waals surface area contributed by atoms with Gasteiger partial charge in [0.25, 0.3) is 0 Å². The molecule has 0 saturated carbocycles. The molecule has 4 rings (SSSR count). The lowest BCUT2D eigenvalue weighted by molar-refractivity contribution is -0.172. The first-order valence-electron chi connectivity index (χ1n) is 13.8. The van der Waals surface area contributed by atoms with Crippen molar-refractivity contribution in [3.8, 4) is 0 Å². The number of hydrogen-bond acceptors (Lipinski definition) is 6. The standard InChI is InChI=1S/C33H39NO6/c1-23(28(35)27-21-14-22-34(27)31(37)40-32(2,3)4)30(36)39-29(24-15-8-5-9-16-24)33(38,25-17-10-6-11-18-25)26-19-12-7-13-20-26/h5-13,15-20,23,27-29,35,38H,14,21-22H2,1-4H3/t23?,27-,28?,29-/m0/s1. The normalized spacial score (nSPS) is 18.1. The molecule has 1 aliphatic heterocycles. The summed E-state index contributed by atoms with van der Waals surface area (Å²) in [6, 6.07) is 26.7. The number of amides is 1. The third-order valence-corrected chi connectivity index (χ3v) is 7.35. The minimum Gasteiger partial charge on any atom is -0.453 e. The quantitative estimate of drug-likeness (QED) is 0.358. The average molecular weight is 546 g/mol. The van der Waals surface area contributed by atoms with Gasteiger partial charge in [0.2, 0.25) is 0 Å². The topological polar surface area (TPSA) is 96.3 Å². The lowest BCUT2D eigenvalue weighted by atomic mass is 9.78. The predicted octanol–water partition coefficient (Wildman–Crippen LogP) is 5.60. The smallest absolute Gasteiger partial charge is 0.410 e. The maximum atomic E-state index is 13.7. The van der Waals surface area contributed by atoms with Crippen LogP contribution in [-0.4, -0.2) is 51.5 Å². The van der Waals surface area contributed by atoms with Crippen LogP contribution in [0.2, 0.25) is 0 Å². The van der Waals surface area contributed by atoms with Crippen molar-refractivity contribution in [2.75, 3.05) is 6.54 Å². The summed E-state index contributed by atoms with van der Waals surface area (Å²) in [5.74, 6) is -1.65. The van der Waals surface area contributed by atoms with Gasteiger partial charge in [-0.25, -0.2) is 4.79 Å². The summed E-state index contributed by atoms with van der Waals surface area (Å²) in [4.78, 5) is 28.0. The largest absolute Gasteiger partial charge is 0.453 e. The van der Waals surface area contributed by atoms with Crippen molar-refractivity contribution in [1.29, 1.82) is 0 Å². The van der Waals surface area contributed by atoms with Crippen LogP contribution in [0.25, 0.3) is 0 Å². The molecule has 1 heterocycles. The Balaban J connectivity index is 1.66. The number of benzene rings is 3. The molecule has 1 aliphatic rings. The van der Waals surface area contributed by atoms with E-state index in [1.54, 1.807) is 64.1 Å². The Morgan fingerprint density at radius 3 is 1.88 bits per heavy atom. The van der Waals surface area contributed by atoms with Crippen LogP contribution in [0.4, 0.5) is 4.79 Å². The number of hydrogen-bond donors (Lipinski definition) is 2. The van der Waals surface area contributed by atoms with Gasteiger partial charge in [0.15, 0.2) is 11.7 Å². The zero-order chi connectivity index (χ0) is 28.9. The number of likely N-dealkylation sites (tertiary alicyclic amines) is 1. The molecule has 0 aromatic heterocycles. The predicted molar refractivity (Wildman–Crippen MR) is 152 cm³/mol. The molecule has 1 saturated heterocycles. The van der Waals surface area contributed by atoms with Gasteiger partial charge in [-0.2, -0.15) is 0 Å². The molecule has 3 aromatic carbocycles. The minimum absolute atomic E-state index is 0.437. The number of aliphatic hydroxyl groups excluding tert-OH is 1. The van der Waals surface area contributed by atoms with Crippen LogP contribution in [-0.2, 0) is 19.9 Å². The van der Waals surface area contributed by atoms with Crippen molar-refractivity contribution in [1.82, 2.24) is 4.90 Å². The first-order chi connectivity index (χ1) is 19.0. The van der Waals surface area contributed by atoms with Crippen LogP contribution in [0.15, 0.2) is 91.0 Å². The van der Waals surface area contributed by atoms with E-state index in [1.165, 1.54) is 4.90 Å². The van der Waals surface area contributed by atoms with Gasteiger partial charge in [-0.15, -0.1) is 0 Å². The van der Waals surface area contributed by atoms with Crippen LogP contribution in [0.3, 0.4) is 0 Å². The van der Waals surface area contributed by atoms with E-state index in [-0.39, 0.29) is 0 Å². The van der Waals surface area contributed by atoms with Crippen molar-refractivity contribution in [3.05, 3.63) is 108 Å². The van der Waals surface area contributed by atoms with Crippen molar-refractivity contribution in [2.24, 2.45) is 5.92 Å². The Morgan fingerprint density at radius 1 is 0.875 bits per heavy atom. The van der Waals surface area contributed by atoms with Crippen LogP contribution in [0.1, 0.15) is 63.3 Å². The van der Waals surface area contributed by atoms with Gasteiger partial charge in [-0.05, 0) is 57.2 Å². The van der Waals surface area contributed by atoms with Gasteiger partial charge < -0.3 is 24.6 Å². The summed E-state index contributed by atoms with van der Waals surface area (Å²) in [5.41, 5.74) is -0.683. The maximum absolute atomic E-state index is 13.7. The highest BCUT2D eigenvalue weighted by Crippen LogP contribution is 2.44. The number of esters is 1. The third kappa shape index (κ3) is 6.37. The number of ether oxygens (including phenoxy) is 2. The van der Waals surface area contributed by atoms with Crippen LogP contribution >= 0.6 is 0 Å². The summed E-state index contributed by atoms with van der Waals surface area (Å²) in [6.07, 6.45) is -1.58. The molecule has 2 unspecified atom stereocenters. The van der Waals surface area contributed by atoms with Crippen LogP contribution in [0.5, 0.6) is 0 Å². The highest BCUT2D eigenvalue weighted by atomic mass is 16.6. The minimum atomic E-state index is -1.72. The number of aliphatic hydroxyl groups is 2. The number of carbonyl (C=O) groups excluding carboxylic acids is 2. The zero-order valence-electron chi connectivity index (χ0n) is 23.6. The number of carbonyl (C=O) groups is 2. The summed E-state index contributed by atoms with van der Waals surface area (Å²) in [5, 5.41) is 23.8. The van der Waals surface area contributed by atoms with Crippen molar-refractivity contribution >= 4 is 12.1 Å². The van der Waals surface area contributed by atoms with Crippen molar-refractivity contribution in [3.63, 3.8) is 0 Å². The van der Waals surface area contributed by atoms with Gasteiger partial charge >= 0.3 is 12.1 Å². The second kappa shape index (κ2) is 12.2. The molecule has 3 aromatic rings. The summed E-state index contributed by atoms with van der Waals surface area (Å²) >= 11 is 0. The molecular formula is C33H39NO6. The Hall–Kier alpha value is -3.68. The summed E-state index contributed by atoms with van der Waals surface area (Å²) in [6.45, 7) is 7.39. The van der Waals surface area contributed by atoms with E-state index in [9.17, 15) is 19.8 Å². The van der Waals surface area contributed by atoms with E-state index in [2.05, 4.69) is 0 Å². The van der Waals surface area contributed by atoms with Gasteiger partial charge in [0.1, 0.15) is 5.60 Å². The van der Waals surface area contributed by atoms with E-state index in [1.807, 2.05) is 54.6 Å². The molecule has 0 spiro atoms. The highest BCUT2D eigenvalue weighted by Gasteiger charge is 2.46. The molecule has 212 valence electrons. The van der Waals surface area contributed by atoms with Crippen molar-refractivity contribution < 1.29 is 29.3 Å². The fourth-order valence-electron chi connectivity index (χ4n) is 5.27. The Kier molecular flexibility index (Phi) is 8.96. The molecule has 1 fully saturated rings. The summed E-state index contributed by atoms with van der Waals surface area (Å²) in [7, 11) is 0. The lowest BCUT2D eigenvalue weighted by Crippen LogP contribution is -2.49. The molecule has 0 bridgehead atoms. The van der Waals surface area contributed by atoms with E-state index in [0.29, 0.717) is 36.1 Å². The second-order valence-electron chi connectivity index (χ2n) is 11.4. The van der Waals surface area contributed by atoms with Crippen molar-refractivity contribution in [2.45, 2.75) is 70.0 Å². The Labute approximate surface area is 236 Å². The van der Waals surface area contributed by atoms with E-state index in [4.69, 9.17) is 9.47 Å². The zero-order valence-corrected chi connectivity index (χ0v) is 23.6. The van der Waals surface area contributed by atoms with E-state index in [0.717, 1.165) is 0 Å². The molecule has 0 radical (unpaired) electrons. The first-order valence-corrected chi connectivity index (χ1v) is 13.8. The Bertz CT molecular complexity index is 1220. The average Bonchev–Trinajstić information content (AvgIpc) is 3.45. The first kappa shape index (κ1) is 29.3. The molecule has 4 atom stereocenters. The molecule has 7 nitrogen and oxygen atoms in total. The fraction of sp³-hybridized carbons (Fsp3) is 0.394. The van der Waals surface area contributed by atoms with Gasteiger partial charge in [-0.1, -0.05) is 91.0 Å². The maximum Gasteiger partial charge on any atom is 0.410 e. The Morgan fingerprint density at radius 2 is 1.38 bits per heavy atom. The third-order valence-electron chi connectivity index (χ3n) is 7.35. The van der Waals surface area contributed by atoms with Crippen LogP contribution < -0.4 is 0 Å². The molecule has 7 heteroatoms. The molecule has 0 aliphatic carbocycles. The van der Waals surface area contributed by atoms with E-state index < -0.39 is 47.4 Å². The van der Waals surface area contributed by atoms with Gasteiger partial charge in [0.05, 0.1) is 18.1 Å². The number of nitrogens with zero attached hydrogens (tertiary/aromatic N) is 1. The molecular weight excluding hydrogens is 506 g/mol. The van der Waals surface area contributed by atoms with Crippen LogP contribution in [0, 0.1) is 5.92 Å². The van der Waals surface area contributed by atoms with E-state index >= 15 is 0 Å². The molecule has 2 N–H and O–H groups in total. The second-order valence-corrected chi connectivity index (χ2v) is 11.4. The lowest BCUT2D eigenvalue weighted by Gasteiger charge is -2.38. The molecule has 1 amide bonds. The highest BCUT2D eigenvalue weighted by molar-refractivity contribution is 5.74. The monoisotopic (exact) mass is 545 g/mol. The molecule has 40 heavy (non-hydrogen) atoms. The number of rotatable bonds is 8.